The molecule has 0 radical (unpaired) electrons. The zero-order valence-electron chi connectivity index (χ0n) is 19.3. The van der Waals surface area contributed by atoms with Crippen molar-refractivity contribution in [3.05, 3.63) is 59.7 Å². The Morgan fingerprint density at radius 3 is 2.50 bits per heavy atom. The predicted octanol–water partition coefficient (Wildman–Crippen LogP) is 3.45. The number of amides is 2. The summed E-state index contributed by atoms with van der Waals surface area (Å²) in [5.74, 6) is -0.185. The monoisotopic (exact) mass is 439 g/mol. The number of para-hydroxylation sites is 1. The first-order valence-electron chi connectivity index (χ1n) is 11.0. The fraction of sp³-hybridized carbons (Fsp3) is 0.440. The molecule has 0 saturated carbocycles. The third-order valence-electron chi connectivity index (χ3n) is 5.27. The molecule has 0 spiro atoms. The van der Waals surface area contributed by atoms with Crippen molar-refractivity contribution in [1.29, 1.82) is 0 Å². The first-order chi connectivity index (χ1) is 15.2. The van der Waals surface area contributed by atoms with Crippen LogP contribution in [0.15, 0.2) is 48.5 Å². The fourth-order valence-electron chi connectivity index (χ4n) is 3.51. The number of benzene rings is 2. The molecule has 1 aliphatic rings. The fourth-order valence-corrected chi connectivity index (χ4v) is 3.51. The van der Waals surface area contributed by atoms with Gasteiger partial charge < -0.3 is 25.0 Å². The highest BCUT2D eigenvalue weighted by molar-refractivity contribution is 5.99. The number of anilines is 1. The number of nitrogens with zero attached hydrogens (tertiary/aromatic N) is 1. The van der Waals surface area contributed by atoms with E-state index in [0.29, 0.717) is 23.5 Å². The van der Waals surface area contributed by atoms with Gasteiger partial charge in [0.15, 0.2) is 5.60 Å². The second-order valence-corrected chi connectivity index (χ2v) is 8.84. The molecule has 3 rings (SSSR count). The highest BCUT2D eigenvalue weighted by Crippen LogP contribution is 2.25. The van der Waals surface area contributed by atoms with E-state index in [1.165, 1.54) is 0 Å². The summed E-state index contributed by atoms with van der Waals surface area (Å²) in [4.78, 5) is 27.7. The molecular formula is C25H33N3O4. The van der Waals surface area contributed by atoms with Crippen LogP contribution in [-0.2, 0) is 16.1 Å². The van der Waals surface area contributed by atoms with Crippen LogP contribution in [0, 0.1) is 0 Å². The second-order valence-electron chi connectivity index (χ2n) is 8.84. The van der Waals surface area contributed by atoms with Crippen molar-refractivity contribution in [3.8, 4) is 5.75 Å². The molecule has 1 heterocycles. The van der Waals surface area contributed by atoms with Gasteiger partial charge in [0.25, 0.3) is 11.8 Å². The van der Waals surface area contributed by atoms with E-state index in [0.717, 1.165) is 31.6 Å². The van der Waals surface area contributed by atoms with Gasteiger partial charge in [-0.15, -0.1) is 0 Å². The molecule has 0 aromatic heterocycles. The zero-order valence-corrected chi connectivity index (χ0v) is 19.3. The lowest BCUT2D eigenvalue weighted by Gasteiger charge is -2.26. The van der Waals surface area contributed by atoms with Gasteiger partial charge in [0.05, 0.1) is 11.7 Å². The lowest BCUT2D eigenvalue weighted by molar-refractivity contribution is -0.128. The molecule has 172 valence electrons. The number of hydrogen-bond acceptors (Lipinski definition) is 5. The minimum Gasteiger partial charge on any atom is -0.477 e. The second kappa shape index (κ2) is 10.6. The molecule has 2 aromatic carbocycles. The summed E-state index contributed by atoms with van der Waals surface area (Å²) >= 11 is 0. The van der Waals surface area contributed by atoms with E-state index < -0.39 is 5.60 Å². The van der Waals surface area contributed by atoms with Crippen LogP contribution in [0.25, 0.3) is 0 Å². The Hall–Kier alpha value is -2.90. The molecule has 0 bridgehead atoms. The third kappa shape index (κ3) is 6.55. The van der Waals surface area contributed by atoms with Crippen molar-refractivity contribution in [2.75, 3.05) is 32.6 Å². The summed E-state index contributed by atoms with van der Waals surface area (Å²) in [6, 6.07) is 14.7. The Morgan fingerprint density at radius 2 is 1.84 bits per heavy atom. The molecule has 0 aliphatic carbocycles. The van der Waals surface area contributed by atoms with E-state index in [2.05, 4.69) is 15.5 Å². The van der Waals surface area contributed by atoms with E-state index in [-0.39, 0.29) is 17.9 Å². The van der Waals surface area contributed by atoms with Crippen LogP contribution in [-0.4, -0.2) is 55.7 Å². The highest BCUT2D eigenvalue weighted by Gasteiger charge is 2.31. The molecule has 2 aromatic rings. The Balaban J connectivity index is 1.63. The van der Waals surface area contributed by atoms with Gasteiger partial charge >= 0.3 is 0 Å². The molecule has 1 saturated heterocycles. The molecule has 1 aliphatic heterocycles. The van der Waals surface area contributed by atoms with Crippen LogP contribution >= 0.6 is 0 Å². The average molecular weight is 440 g/mol. The third-order valence-corrected chi connectivity index (χ3v) is 5.27. The Bertz CT molecular complexity index is 919. The first kappa shape index (κ1) is 23.8. The first-order valence-corrected chi connectivity index (χ1v) is 11.0. The molecule has 7 nitrogen and oxygen atoms in total. The molecule has 1 unspecified atom stereocenters. The molecule has 2 N–H and O–H groups in total. The Labute approximate surface area is 190 Å². The van der Waals surface area contributed by atoms with Crippen molar-refractivity contribution in [2.45, 2.75) is 44.9 Å². The van der Waals surface area contributed by atoms with E-state index in [1.54, 1.807) is 38.1 Å². The minimum absolute atomic E-state index is 0.0540. The van der Waals surface area contributed by atoms with Gasteiger partial charge in [-0.05, 0) is 70.6 Å². The van der Waals surface area contributed by atoms with Crippen molar-refractivity contribution in [2.24, 2.45) is 0 Å². The van der Waals surface area contributed by atoms with Crippen LogP contribution < -0.4 is 15.4 Å². The van der Waals surface area contributed by atoms with Crippen LogP contribution in [0.1, 0.15) is 42.6 Å². The molecule has 2 amide bonds. The SMILES string of the molecule is CN(C)Cc1ccc(NC(=O)C(C)(C)Oc2ccccc2C(=O)NCC2CCCO2)cc1. The lowest BCUT2D eigenvalue weighted by Crippen LogP contribution is -2.43. The molecular weight excluding hydrogens is 406 g/mol. The van der Waals surface area contributed by atoms with Crippen molar-refractivity contribution in [1.82, 2.24) is 10.2 Å². The van der Waals surface area contributed by atoms with Crippen LogP contribution in [0.5, 0.6) is 5.75 Å². The summed E-state index contributed by atoms with van der Waals surface area (Å²) in [6.07, 6.45) is 2.02. The maximum atomic E-state index is 12.9. The summed E-state index contributed by atoms with van der Waals surface area (Å²) in [5.41, 5.74) is 1.05. The van der Waals surface area contributed by atoms with Gasteiger partial charge in [0.2, 0.25) is 0 Å². The summed E-state index contributed by atoms with van der Waals surface area (Å²) in [6.45, 7) is 5.39. The van der Waals surface area contributed by atoms with Gasteiger partial charge in [-0.1, -0.05) is 24.3 Å². The predicted molar refractivity (Wildman–Crippen MR) is 125 cm³/mol. The minimum atomic E-state index is -1.19. The van der Waals surface area contributed by atoms with Crippen molar-refractivity contribution in [3.63, 3.8) is 0 Å². The standard InChI is InChI=1S/C25H33N3O4/c1-25(2,24(30)27-19-13-11-18(12-14-19)17-28(3)4)32-22-10-6-5-9-21(22)23(29)26-16-20-8-7-15-31-20/h5-6,9-14,20H,7-8,15-17H2,1-4H3,(H,26,29)(H,27,30). The van der Waals surface area contributed by atoms with Crippen LogP contribution in [0.3, 0.4) is 0 Å². The topological polar surface area (TPSA) is 79.9 Å². The number of hydrogen-bond donors (Lipinski definition) is 2. The Kier molecular flexibility index (Phi) is 7.88. The van der Waals surface area contributed by atoms with Gasteiger partial charge in [0.1, 0.15) is 5.75 Å². The molecule has 1 fully saturated rings. The normalized spacial score (nSPS) is 16.1. The maximum Gasteiger partial charge on any atom is 0.267 e. The molecule has 7 heteroatoms. The maximum absolute atomic E-state index is 12.9. The Morgan fingerprint density at radius 1 is 1.12 bits per heavy atom. The average Bonchev–Trinajstić information content (AvgIpc) is 3.27. The quantitative estimate of drug-likeness (QED) is 0.626. The highest BCUT2D eigenvalue weighted by atomic mass is 16.5. The molecule has 32 heavy (non-hydrogen) atoms. The van der Waals surface area contributed by atoms with Gasteiger partial charge in [-0.25, -0.2) is 0 Å². The number of ether oxygens (including phenoxy) is 2. The summed E-state index contributed by atoms with van der Waals surface area (Å²) in [5, 5.41) is 5.81. The van der Waals surface area contributed by atoms with Gasteiger partial charge in [0, 0.05) is 25.4 Å². The van der Waals surface area contributed by atoms with Gasteiger partial charge in [-0.2, -0.15) is 0 Å². The van der Waals surface area contributed by atoms with Crippen molar-refractivity contribution < 1.29 is 19.1 Å². The smallest absolute Gasteiger partial charge is 0.267 e. The number of carbonyl (C=O) groups is 2. The molecule has 1 atom stereocenters. The largest absolute Gasteiger partial charge is 0.477 e. The van der Waals surface area contributed by atoms with E-state index >= 15 is 0 Å². The number of carbonyl (C=O) groups excluding carboxylic acids is 2. The van der Waals surface area contributed by atoms with Crippen LogP contribution in [0.4, 0.5) is 5.69 Å². The van der Waals surface area contributed by atoms with Crippen molar-refractivity contribution >= 4 is 17.5 Å². The van der Waals surface area contributed by atoms with E-state index in [4.69, 9.17) is 9.47 Å². The zero-order chi connectivity index (χ0) is 23.1. The number of rotatable bonds is 9. The number of nitrogens with one attached hydrogen (secondary N) is 2. The van der Waals surface area contributed by atoms with Crippen LogP contribution in [0.2, 0.25) is 0 Å². The summed E-state index contributed by atoms with van der Waals surface area (Å²) in [7, 11) is 4.02. The lowest BCUT2D eigenvalue weighted by atomic mass is 10.1. The summed E-state index contributed by atoms with van der Waals surface area (Å²) < 4.78 is 11.6. The van der Waals surface area contributed by atoms with E-state index in [9.17, 15) is 9.59 Å². The van der Waals surface area contributed by atoms with Gasteiger partial charge in [-0.3, -0.25) is 9.59 Å². The van der Waals surface area contributed by atoms with E-state index in [1.807, 2.05) is 38.4 Å².